The molecular weight excluding hydrogens is 272 g/mol. The van der Waals surface area contributed by atoms with Crippen LogP contribution in [0.3, 0.4) is 0 Å². The second-order valence-corrected chi connectivity index (χ2v) is 5.62. The molecule has 0 radical (unpaired) electrons. The Morgan fingerprint density at radius 2 is 2.29 bits per heavy atom. The molecule has 3 amide bonds. The molecule has 1 aromatic heterocycles. The molecule has 2 saturated heterocycles. The number of hydrogen-bond donors (Lipinski definition) is 2. The number of hydrogen-bond acceptors (Lipinski definition) is 3. The summed E-state index contributed by atoms with van der Waals surface area (Å²) in [5.74, 6) is -0.160. The highest BCUT2D eigenvalue weighted by Gasteiger charge is 2.46. The van der Waals surface area contributed by atoms with E-state index in [4.69, 9.17) is 10.5 Å². The minimum atomic E-state index is -0.453. The molecule has 0 bridgehead atoms. The van der Waals surface area contributed by atoms with Crippen LogP contribution in [0.25, 0.3) is 0 Å². The Kier molecular flexibility index (Phi) is 3.59. The number of aryl methyl sites for hydroxylation is 1. The minimum Gasteiger partial charge on any atom is -0.374 e. The standard InChI is InChI=1S/C14H20N4O3/c1-17-6-2-4-11(17)13(19)16-9-8-18(14(15)20)10-5-3-7-21-12(9)10/h2,4,6,9-10,12H,3,5,7-8H2,1H3,(H2,15,20)(H,16,19)/t9-,10-,12-/m1/s1. The number of nitrogens with one attached hydrogen (secondary N) is 1. The van der Waals surface area contributed by atoms with Gasteiger partial charge in [0.25, 0.3) is 5.91 Å². The number of nitrogens with zero attached hydrogens (tertiary/aromatic N) is 2. The van der Waals surface area contributed by atoms with Gasteiger partial charge < -0.3 is 25.3 Å². The molecule has 2 aliphatic heterocycles. The maximum atomic E-state index is 12.3. The SMILES string of the molecule is Cn1cccc1C(=O)N[C@@H]1CN(C(N)=O)[C@@H]2CCCO[C@@H]21. The summed E-state index contributed by atoms with van der Waals surface area (Å²) in [6, 6.07) is 2.88. The molecule has 7 heteroatoms. The third kappa shape index (κ3) is 2.49. The fourth-order valence-corrected chi connectivity index (χ4v) is 3.28. The molecule has 0 aliphatic carbocycles. The van der Waals surface area contributed by atoms with Crippen molar-refractivity contribution in [3.05, 3.63) is 24.0 Å². The summed E-state index contributed by atoms with van der Waals surface area (Å²) in [6.07, 6.45) is 3.42. The van der Waals surface area contributed by atoms with Crippen molar-refractivity contribution >= 4 is 11.9 Å². The molecule has 1 aromatic rings. The lowest BCUT2D eigenvalue weighted by Gasteiger charge is -2.31. The van der Waals surface area contributed by atoms with Gasteiger partial charge in [0, 0.05) is 26.4 Å². The van der Waals surface area contributed by atoms with E-state index < -0.39 is 6.03 Å². The van der Waals surface area contributed by atoms with Crippen molar-refractivity contribution in [3.8, 4) is 0 Å². The van der Waals surface area contributed by atoms with Crippen LogP contribution in [0.4, 0.5) is 4.79 Å². The van der Waals surface area contributed by atoms with E-state index in [2.05, 4.69) is 5.32 Å². The van der Waals surface area contributed by atoms with Crippen molar-refractivity contribution in [1.82, 2.24) is 14.8 Å². The number of carbonyl (C=O) groups excluding carboxylic acids is 2. The number of ether oxygens (including phenoxy) is 1. The average molecular weight is 292 g/mol. The van der Waals surface area contributed by atoms with Gasteiger partial charge in [-0.3, -0.25) is 4.79 Å². The molecule has 0 saturated carbocycles. The zero-order chi connectivity index (χ0) is 15.0. The molecule has 114 valence electrons. The van der Waals surface area contributed by atoms with Crippen LogP contribution >= 0.6 is 0 Å². The van der Waals surface area contributed by atoms with Gasteiger partial charge in [-0.05, 0) is 25.0 Å². The van der Waals surface area contributed by atoms with E-state index in [-0.39, 0.29) is 24.1 Å². The molecule has 7 nitrogen and oxygen atoms in total. The topological polar surface area (TPSA) is 89.6 Å². The fourth-order valence-electron chi connectivity index (χ4n) is 3.28. The molecule has 2 fully saturated rings. The fraction of sp³-hybridized carbons (Fsp3) is 0.571. The van der Waals surface area contributed by atoms with Crippen LogP contribution < -0.4 is 11.1 Å². The van der Waals surface area contributed by atoms with Crippen LogP contribution in [0.2, 0.25) is 0 Å². The summed E-state index contributed by atoms with van der Waals surface area (Å²) in [4.78, 5) is 25.5. The average Bonchev–Trinajstić information content (AvgIpc) is 3.03. The van der Waals surface area contributed by atoms with Gasteiger partial charge in [-0.15, -0.1) is 0 Å². The lowest BCUT2D eigenvalue weighted by Crippen LogP contribution is -2.48. The molecule has 0 unspecified atom stereocenters. The Morgan fingerprint density at radius 3 is 2.95 bits per heavy atom. The van der Waals surface area contributed by atoms with Gasteiger partial charge in [-0.2, -0.15) is 0 Å². The van der Waals surface area contributed by atoms with Crippen LogP contribution in [0.5, 0.6) is 0 Å². The molecule has 0 aromatic carbocycles. The highest BCUT2D eigenvalue weighted by molar-refractivity contribution is 5.93. The first kappa shape index (κ1) is 13.9. The molecule has 2 aliphatic rings. The Bertz CT molecular complexity index is 556. The summed E-state index contributed by atoms with van der Waals surface area (Å²) in [7, 11) is 1.82. The molecule has 3 heterocycles. The Balaban J connectivity index is 1.74. The summed E-state index contributed by atoms with van der Waals surface area (Å²) < 4.78 is 7.53. The summed E-state index contributed by atoms with van der Waals surface area (Å²) >= 11 is 0. The van der Waals surface area contributed by atoms with E-state index >= 15 is 0 Å². The first-order valence-corrected chi connectivity index (χ1v) is 7.18. The zero-order valence-electron chi connectivity index (χ0n) is 12.0. The number of urea groups is 1. The Hall–Kier alpha value is -2.02. The quantitative estimate of drug-likeness (QED) is 0.808. The van der Waals surface area contributed by atoms with E-state index in [9.17, 15) is 9.59 Å². The van der Waals surface area contributed by atoms with Crippen molar-refractivity contribution in [2.75, 3.05) is 13.2 Å². The van der Waals surface area contributed by atoms with Crippen LogP contribution in [-0.2, 0) is 11.8 Å². The largest absolute Gasteiger partial charge is 0.374 e. The lowest BCUT2D eigenvalue weighted by molar-refractivity contribution is -0.0141. The highest BCUT2D eigenvalue weighted by Crippen LogP contribution is 2.28. The van der Waals surface area contributed by atoms with Crippen LogP contribution in [0, 0.1) is 0 Å². The van der Waals surface area contributed by atoms with Gasteiger partial charge in [0.15, 0.2) is 0 Å². The van der Waals surface area contributed by atoms with Crippen LogP contribution in [0.15, 0.2) is 18.3 Å². The molecule has 0 spiro atoms. The normalized spacial score (nSPS) is 28.2. The number of nitrogens with two attached hydrogens (primary N) is 1. The number of primary amides is 1. The number of carbonyl (C=O) groups is 2. The number of aromatic nitrogens is 1. The molecule has 3 N–H and O–H groups in total. The number of amides is 3. The predicted octanol–water partition coefficient (Wildman–Crippen LogP) is 0.0654. The van der Waals surface area contributed by atoms with Crippen molar-refractivity contribution in [3.63, 3.8) is 0 Å². The third-order valence-corrected chi connectivity index (χ3v) is 4.30. The van der Waals surface area contributed by atoms with Gasteiger partial charge in [-0.1, -0.05) is 0 Å². The summed E-state index contributed by atoms with van der Waals surface area (Å²) in [5.41, 5.74) is 6.01. The predicted molar refractivity (Wildman–Crippen MR) is 75.7 cm³/mol. The van der Waals surface area contributed by atoms with Gasteiger partial charge >= 0.3 is 6.03 Å². The molecule has 3 rings (SSSR count). The zero-order valence-corrected chi connectivity index (χ0v) is 12.0. The molecule has 3 atom stereocenters. The van der Waals surface area contributed by atoms with Gasteiger partial charge in [0.2, 0.25) is 0 Å². The maximum Gasteiger partial charge on any atom is 0.315 e. The van der Waals surface area contributed by atoms with Crippen molar-refractivity contribution in [2.45, 2.75) is 31.0 Å². The summed E-state index contributed by atoms with van der Waals surface area (Å²) in [6.45, 7) is 1.06. The number of likely N-dealkylation sites (tertiary alicyclic amines) is 1. The second kappa shape index (κ2) is 5.40. The van der Waals surface area contributed by atoms with Crippen molar-refractivity contribution < 1.29 is 14.3 Å². The van der Waals surface area contributed by atoms with Crippen LogP contribution in [-0.4, -0.2) is 52.7 Å². The Morgan fingerprint density at radius 1 is 1.48 bits per heavy atom. The van der Waals surface area contributed by atoms with Gasteiger partial charge in [0.1, 0.15) is 5.69 Å². The smallest absolute Gasteiger partial charge is 0.315 e. The van der Waals surface area contributed by atoms with E-state index in [1.54, 1.807) is 15.5 Å². The number of fused-ring (bicyclic) bond motifs is 1. The third-order valence-electron chi connectivity index (χ3n) is 4.30. The van der Waals surface area contributed by atoms with E-state index in [1.807, 2.05) is 19.3 Å². The van der Waals surface area contributed by atoms with Crippen molar-refractivity contribution in [1.29, 1.82) is 0 Å². The second-order valence-electron chi connectivity index (χ2n) is 5.62. The first-order valence-electron chi connectivity index (χ1n) is 7.18. The van der Waals surface area contributed by atoms with Gasteiger partial charge in [0.05, 0.1) is 18.2 Å². The van der Waals surface area contributed by atoms with Gasteiger partial charge in [-0.25, -0.2) is 4.79 Å². The lowest BCUT2D eigenvalue weighted by atomic mass is 10.0. The Labute approximate surface area is 123 Å². The highest BCUT2D eigenvalue weighted by atomic mass is 16.5. The van der Waals surface area contributed by atoms with Crippen molar-refractivity contribution in [2.24, 2.45) is 12.8 Å². The maximum absolute atomic E-state index is 12.3. The van der Waals surface area contributed by atoms with Crippen LogP contribution in [0.1, 0.15) is 23.3 Å². The number of rotatable bonds is 2. The van der Waals surface area contributed by atoms with E-state index in [0.717, 1.165) is 12.8 Å². The van der Waals surface area contributed by atoms with E-state index in [0.29, 0.717) is 18.8 Å². The first-order chi connectivity index (χ1) is 10.1. The summed E-state index contributed by atoms with van der Waals surface area (Å²) in [5, 5.41) is 2.97. The molecular formula is C14H20N4O3. The molecule has 21 heavy (non-hydrogen) atoms. The van der Waals surface area contributed by atoms with E-state index in [1.165, 1.54) is 0 Å². The monoisotopic (exact) mass is 292 g/mol. The minimum absolute atomic E-state index is 0.0324.